The molecule has 29 heavy (non-hydrogen) atoms. The number of aromatic nitrogens is 1. The number of nitrogens with zero attached hydrogens (tertiary/aromatic N) is 2. The molecule has 5 rings (SSSR count). The molecular formula is C23H24BrN3O2. The van der Waals surface area contributed by atoms with E-state index in [0.29, 0.717) is 34.6 Å². The molecular weight excluding hydrogens is 430 g/mol. The van der Waals surface area contributed by atoms with Gasteiger partial charge in [-0.25, -0.2) is 4.98 Å². The molecule has 0 aliphatic carbocycles. The number of nitrogens with one attached hydrogen (secondary N) is 1. The number of carbonyl (C=O) groups is 1. The first-order valence-corrected chi connectivity index (χ1v) is 11.1. The second-order valence-corrected chi connectivity index (χ2v) is 9.06. The van der Waals surface area contributed by atoms with Crippen molar-refractivity contribution in [2.75, 3.05) is 7.05 Å². The maximum Gasteiger partial charge on any atom is 0.253 e. The SMILES string of the molecule is CN1C2CCCC1CC(NC(=O)c1ccc(Br)c3oc(-c4ccccc4)nc13)C2. The van der Waals surface area contributed by atoms with Crippen molar-refractivity contribution in [3.05, 3.63) is 52.5 Å². The summed E-state index contributed by atoms with van der Waals surface area (Å²) in [7, 11) is 2.23. The largest absolute Gasteiger partial charge is 0.435 e. The summed E-state index contributed by atoms with van der Waals surface area (Å²) in [6, 6.07) is 14.8. The van der Waals surface area contributed by atoms with E-state index >= 15 is 0 Å². The summed E-state index contributed by atoms with van der Waals surface area (Å²) in [5.41, 5.74) is 2.67. The van der Waals surface area contributed by atoms with E-state index in [1.165, 1.54) is 19.3 Å². The molecule has 1 amide bonds. The van der Waals surface area contributed by atoms with Crippen LogP contribution in [0.2, 0.25) is 0 Å². The fraction of sp³-hybridized carbons (Fsp3) is 0.391. The van der Waals surface area contributed by atoms with Crippen LogP contribution in [0.25, 0.3) is 22.6 Å². The zero-order chi connectivity index (χ0) is 20.0. The van der Waals surface area contributed by atoms with Crippen molar-refractivity contribution >= 4 is 32.9 Å². The normalized spacial score (nSPS) is 24.6. The van der Waals surface area contributed by atoms with Crippen molar-refractivity contribution in [1.29, 1.82) is 0 Å². The van der Waals surface area contributed by atoms with Gasteiger partial charge in [0.25, 0.3) is 5.91 Å². The number of rotatable bonds is 3. The van der Waals surface area contributed by atoms with Crippen molar-refractivity contribution in [3.63, 3.8) is 0 Å². The van der Waals surface area contributed by atoms with Crippen molar-refractivity contribution in [2.45, 2.75) is 50.2 Å². The fourth-order valence-corrected chi connectivity index (χ4v) is 5.26. The third kappa shape index (κ3) is 3.49. The van der Waals surface area contributed by atoms with E-state index < -0.39 is 0 Å². The van der Waals surface area contributed by atoms with E-state index in [-0.39, 0.29) is 11.9 Å². The van der Waals surface area contributed by atoms with E-state index in [1.54, 1.807) is 0 Å². The molecule has 2 atom stereocenters. The van der Waals surface area contributed by atoms with Crippen molar-refractivity contribution in [3.8, 4) is 11.5 Å². The average Bonchev–Trinajstić information content (AvgIpc) is 3.16. The second kappa shape index (κ2) is 7.58. The molecule has 1 N–H and O–H groups in total. The van der Waals surface area contributed by atoms with Gasteiger partial charge in [-0.2, -0.15) is 0 Å². The number of carbonyl (C=O) groups excluding carboxylic acids is 1. The van der Waals surface area contributed by atoms with E-state index in [2.05, 4.69) is 38.2 Å². The van der Waals surface area contributed by atoms with Gasteiger partial charge in [-0.15, -0.1) is 0 Å². The lowest BCUT2D eigenvalue weighted by Gasteiger charge is -2.47. The smallest absolute Gasteiger partial charge is 0.253 e. The lowest BCUT2D eigenvalue weighted by Crippen LogP contribution is -2.55. The number of piperidine rings is 2. The first-order valence-electron chi connectivity index (χ1n) is 10.3. The maximum atomic E-state index is 13.2. The first-order chi connectivity index (χ1) is 14.1. The Bertz CT molecular complexity index is 1030. The van der Waals surface area contributed by atoms with Crippen LogP contribution in [0.4, 0.5) is 0 Å². The van der Waals surface area contributed by atoms with Gasteiger partial charge in [0, 0.05) is 23.7 Å². The average molecular weight is 454 g/mol. The lowest BCUT2D eigenvalue weighted by atomic mass is 9.82. The summed E-state index contributed by atoms with van der Waals surface area (Å²) >= 11 is 3.53. The Labute approximate surface area is 178 Å². The highest BCUT2D eigenvalue weighted by atomic mass is 79.9. The Morgan fingerprint density at radius 1 is 1.14 bits per heavy atom. The molecule has 2 unspecified atom stereocenters. The zero-order valence-electron chi connectivity index (χ0n) is 16.4. The molecule has 150 valence electrons. The molecule has 2 aromatic carbocycles. The summed E-state index contributed by atoms with van der Waals surface area (Å²) in [4.78, 5) is 20.3. The topological polar surface area (TPSA) is 58.4 Å². The quantitative estimate of drug-likeness (QED) is 0.605. The molecule has 5 nitrogen and oxygen atoms in total. The number of benzene rings is 2. The Morgan fingerprint density at radius 2 is 1.86 bits per heavy atom. The summed E-state index contributed by atoms with van der Waals surface area (Å²) in [6.45, 7) is 0. The number of fused-ring (bicyclic) bond motifs is 3. The Morgan fingerprint density at radius 3 is 2.59 bits per heavy atom. The summed E-state index contributed by atoms with van der Waals surface area (Å²) in [5.74, 6) is 0.457. The van der Waals surface area contributed by atoms with Crippen LogP contribution in [-0.4, -0.2) is 41.0 Å². The second-order valence-electron chi connectivity index (χ2n) is 8.20. The van der Waals surface area contributed by atoms with Crippen molar-refractivity contribution in [2.24, 2.45) is 0 Å². The van der Waals surface area contributed by atoms with Crippen molar-refractivity contribution < 1.29 is 9.21 Å². The van der Waals surface area contributed by atoms with Gasteiger partial charge in [0.05, 0.1) is 10.0 Å². The third-order valence-electron chi connectivity index (χ3n) is 6.44. The molecule has 3 aromatic rings. The number of hydrogen-bond donors (Lipinski definition) is 1. The van der Waals surface area contributed by atoms with E-state index in [0.717, 1.165) is 22.9 Å². The number of amides is 1. The maximum absolute atomic E-state index is 13.2. The molecule has 0 saturated carbocycles. The molecule has 0 radical (unpaired) electrons. The monoisotopic (exact) mass is 453 g/mol. The predicted molar refractivity (Wildman–Crippen MR) is 117 cm³/mol. The number of halogens is 1. The molecule has 3 heterocycles. The van der Waals surface area contributed by atoms with Crippen LogP contribution >= 0.6 is 15.9 Å². The van der Waals surface area contributed by atoms with E-state index in [1.807, 2.05) is 42.5 Å². The summed E-state index contributed by atoms with van der Waals surface area (Å²) < 4.78 is 6.79. The summed E-state index contributed by atoms with van der Waals surface area (Å²) in [6.07, 6.45) is 5.80. The number of hydrogen-bond acceptors (Lipinski definition) is 4. The van der Waals surface area contributed by atoms with Gasteiger partial charge in [0.1, 0.15) is 5.52 Å². The lowest BCUT2D eigenvalue weighted by molar-refractivity contribution is 0.0463. The fourth-order valence-electron chi connectivity index (χ4n) is 4.86. The van der Waals surface area contributed by atoms with Crippen LogP contribution in [0.5, 0.6) is 0 Å². The van der Waals surface area contributed by atoms with Crippen LogP contribution < -0.4 is 5.32 Å². The molecule has 2 aliphatic heterocycles. The minimum absolute atomic E-state index is 0.0666. The molecule has 2 aliphatic rings. The van der Waals surface area contributed by atoms with Crippen molar-refractivity contribution in [1.82, 2.24) is 15.2 Å². The zero-order valence-corrected chi connectivity index (χ0v) is 18.0. The predicted octanol–water partition coefficient (Wildman–Crippen LogP) is 5.00. The van der Waals surface area contributed by atoms with Gasteiger partial charge < -0.3 is 14.6 Å². The van der Waals surface area contributed by atoms with E-state index in [9.17, 15) is 4.79 Å². The minimum Gasteiger partial charge on any atom is -0.435 e. The molecule has 2 fully saturated rings. The summed E-state index contributed by atoms with van der Waals surface area (Å²) in [5, 5.41) is 3.28. The molecule has 0 spiro atoms. The van der Waals surface area contributed by atoms with Crippen LogP contribution in [0.15, 0.2) is 51.4 Å². The molecule has 6 heteroatoms. The Balaban J connectivity index is 1.43. The highest BCUT2D eigenvalue weighted by molar-refractivity contribution is 9.10. The molecule has 2 saturated heterocycles. The van der Waals surface area contributed by atoms with E-state index in [4.69, 9.17) is 4.42 Å². The Hall–Kier alpha value is -2.18. The van der Waals surface area contributed by atoms with Crippen LogP contribution in [0.1, 0.15) is 42.5 Å². The Kier molecular flexibility index (Phi) is 4.92. The van der Waals surface area contributed by atoms with Gasteiger partial charge >= 0.3 is 0 Å². The van der Waals surface area contributed by atoms with Gasteiger partial charge in [0.15, 0.2) is 5.58 Å². The highest BCUT2D eigenvalue weighted by Gasteiger charge is 2.36. The minimum atomic E-state index is -0.0666. The highest BCUT2D eigenvalue weighted by Crippen LogP contribution is 2.34. The molecule has 1 aromatic heterocycles. The van der Waals surface area contributed by atoms with Gasteiger partial charge in [-0.05, 0) is 72.9 Å². The van der Waals surface area contributed by atoms with Gasteiger partial charge in [0.2, 0.25) is 5.89 Å². The van der Waals surface area contributed by atoms with Gasteiger partial charge in [-0.3, -0.25) is 4.79 Å². The third-order valence-corrected chi connectivity index (χ3v) is 7.06. The van der Waals surface area contributed by atoms with Gasteiger partial charge in [-0.1, -0.05) is 24.6 Å². The standard InChI is InChI=1S/C23H24BrN3O2/c1-27-16-8-5-9-17(27)13-15(12-16)25-22(28)18-10-11-19(24)21-20(18)26-23(29-21)14-6-3-2-4-7-14/h2-4,6-7,10-11,15-17H,5,8-9,12-13H2,1H3,(H,25,28). The van der Waals surface area contributed by atoms with Crippen LogP contribution in [0.3, 0.4) is 0 Å². The van der Waals surface area contributed by atoms with Crippen LogP contribution in [0, 0.1) is 0 Å². The molecule has 2 bridgehead atoms. The number of oxazole rings is 1. The first kappa shape index (κ1) is 18.8. The van der Waals surface area contributed by atoms with Crippen LogP contribution in [-0.2, 0) is 0 Å².